The summed E-state index contributed by atoms with van der Waals surface area (Å²) in [4.78, 5) is 18.8. The molecule has 1 heterocycles. The van der Waals surface area contributed by atoms with Gasteiger partial charge in [0.1, 0.15) is 10.6 Å². The van der Waals surface area contributed by atoms with Crippen molar-refractivity contribution >= 4 is 38.8 Å². The predicted octanol–water partition coefficient (Wildman–Crippen LogP) is 1.63. The van der Waals surface area contributed by atoms with Gasteiger partial charge in [-0.15, -0.1) is 0 Å². The number of aromatic amines is 1. The van der Waals surface area contributed by atoms with Gasteiger partial charge in [0.15, 0.2) is 0 Å². The van der Waals surface area contributed by atoms with Crippen LogP contribution in [0.3, 0.4) is 0 Å². The van der Waals surface area contributed by atoms with E-state index in [1.54, 1.807) is 32.0 Å². The number of aliphatic hydroxyl groups excluding tert-OH is 2. The maximum atomic E-state index is 12.6. The molecule has 0 aliphatic carbocycles. The molecule has 2 unspecified atom stereocenters. The first-order valence-electron chi connectivity index (χ1n) is 9.81. The molecule has 0 bridgehead atoms. The average Bonchev–Trinajstić information content (AvgIpc) is 3.12. The van der Waals surface area contributed by atoms with Crippen molar-refractivity contribution in [2.24, 2.45) is 0 Å². The summed E-state index contributed by atoms with van der Waals surface area (Å²) in [5.74, 6) is 0.228. The van der Waals surface area contributed by atoms with Gasteiger partial charge in [-0.25, -0.2) is 9.78 Å². The van der Waals surface area contributed by atoms with Crippen LogP contribution in [0.25, 0.3) is 11.0 Å². The minimum Gasteiger partial charge on any atom is -0.392 e. The molecule has 2 aromatic carbocycles. The summed E-state index contributed by atoms with van der Waals surface area (Å²) in [6.45, 7) is 3.60. The zero-order valence-electron chi connectivity index (χ0n) is 17.5. The number of nitrogens with one attached hydrogen (secondary N) is 4. The highest BCUT2D eigenvalue weighted by molar-refractivity contribution is 7.87. The zero-order valence-corrected chi connectivity index (χ0v) is 18.3. The summed E-state index contributed by atoms with van der Waals surface area (Å²) < 4.78 is 30.4. The van der Waals surface area contributed by atoms with Crippen molar-refractivity contribution in [2.75, 3.05) is 23.7 Å². The first-order chi connectivity index (χ1) is 15.1. The van der Waals surface area contributed by atoms with Crippen LogP contribution in [0.5, 0.6) is 5.75 Å². The number of aromatic nitrogens is 2. The third-order valence-electron chi connectivity index (χ3n) is 4.19. The third kappa shape index (κ3) is 6.33. The Kier molecular flexibility index (Phi) is 7.18. The highest BCUT2D eigenvalue weighted by atomic mass is 32.2. The molecule has 0 saturated carbocycles. The van der Waals surface area contributed by atoms with Crippen LogP contribution in [0.4, 0.5) is 16.4 Å². The summed E-state index contributed by atoms with van der Waals surface area (Å²) in [5.41, 5.74) is 1.62. The molecular weight excluding hydrogens is 438 g/mol. The number of benzene rings is 2. The lowest BCUT2D eigenvalue weighted by Crippen LogP contribution is -2.34. The van der Waals surface area contributed by atoms with Crippen LogP contribution in [-0.2, 0) is 10.1 Å². The Balaban J connectivity index is 1.69. The zero-order chi connectivity index (χ0) is 23.3. The molecule has 11 nitrogen and oxygen atoms in total. The second kappa shape index (κ2) is 9.85. The largest absolute Gasteiger partial charge is 0.392 e. The number of urea groups is 1. The molecule has 32 heavy (non-hydrogen) atoms. The average molecular weight is 464 g/mol. The summed E-state index contributed by atoms with van der Waals surface area (Å²) in [6, 6.07) is 9.89. The second-order valence-electron chi connectivity index (χ2n) is 7.24. The molecule has 3 rings (SSSR count). The van der Waals surface area contributed by atoms with Gasteiger partial charge >= 0.3 is 16.1 Å². The predicted molar refractivity (Wildman–Crippen MR) is 119 cm³/mol. The fourth-order valence-corrected chi connectivity index (χ4v) is 3.59. The number of carbonyl (C=O) groups is 1. The summed E-state index contributed by atoms with van der Waals surface area (Å²) in [7, 11) is -4.07. The van der Waals surface area contributed by atoms with Crippen molar-refractivity contribution in [3.63, 3.8) is 0 Å². The number of hydrogen-bond acceptors (Lipinski definition) is 8. The number of carbonyl (C=O) groups excluding carboxylic acids is 1. The van der Waals surface area contributed by atoms with Gasteiger partial charge in [0.2, 0.25) is 5.95 Å². The lowest BCUT2D eigenvalue weighted by molar-refractivity contribution is 0.190. The summed E-state index contributed by atoms with van der Waals surface area (Å²) in [5, 5.41) is 26.5. The number of anilines is 2. The maximum Gasteiger partial charge on any atom is 0.339 e. The first kappa shape index (κ1) is 23.3. The van der Waals surface area contributed by atoms with Gasteiger partial charge in [-0.3, -0.25) is 5.32 Å². The number of H-pyrrole nitrogens is 1. The minimum absolute atomic E-state index is 0.0260. The molecule has 0 fully saturated rings. The molecule has 0 radical (unpaired) electrons. The highest BCUT2D eigenvalue weighted by Gasteiger charge is 2.17. The van der Waals surface area contributed by atoms with E-state index in [2.05, 4.69) is 25.9 Å². The standard InChI is InChI=1S/C20H25N5O6S/c1-12(26)10-21-14-3-6-16(7-4-14)32(29,30)31-15-5-8-17-18(9-15)24-19(23-17)25-20(28)22-11-13(2)27/h3-9,12-13,21,26-27H,10-11H2,1-2H3,(H3,22,23,24,25,28). The van der Waals surface area contributed by atoms with E-state index in [-0.39, 0.29) is 23.1 Å². The smallest absolute Gasteiger partial charge is 0.339 e. The third-order valence-corrected chi connectivity index (χ3v) is 5.46. The molecule has 172 valence electrons. The van der Waals surface area contributed by atoms with Gasteiger partial charge in [0.25, 0.3) is 0 Å². The van der Waals surface area contributed by atoms with Gasteiger partial charge in [-0.1, -0.05) is 0 Å². The number of amides is 2. The Hall–Kier alpha value is -3.35. The van der Waals surface area contributed by atoms with Crippen LogP contribution in [0.2, 0.25) is 0 Å². The van der Waals surface area contributed by atoms with Crippen LogP contribution in [0.1, 0.15) is 13.8 Å². The van der Waals surface area contributed by atoms with Gasteiger partial charge in [0.05, 0.1) is 23.2 Å². The molecule has 0 aliphatic heterocycles. The van der Waals surface area contributed by atoms with E-state index in [1.807, 2.05) is 0 Å². The van der Waals surface area contributed by atoms with Crippen LogP contribution in [0, 0.1) is 0 Å². The molecular formula is C20H25N5O6S. The van der Waals surface area contributed by atoms with Crippen LogP contribution in [-0.4, -0.2) is 59.9 Å². The van der Waals surface area contributed by atoms with E-state index in [0.717, 1.165) is 0 Å². The maximum absolute atomic E-state index is 12.6. The second-order valence-corrected chi connectivity index (χ2v) is 8.79. The molecule has 1 aromatic heterocycles. The molecule has 0 aliphatic rings. The fourth-order valence-electron chi connectivity index (χ4n) is 2.67. The van der Waals surface area contributed by atoms with E-state index in [9.17, 15) is 23.4 Å². The summed E-state index contributed by atoms with van der Waals surface area (Å²) in [6.07, 6.45) is -1.22. The monoisotopic (exact) mass is 463 g/mol. The van der Waals surface area contributed by atoms with Gasteiger partial charge in [-0.2, -0.15) is 8.42 Å². The van der Waals surface area contributed by atoms with Crippen molar-refractivity contribution in [3.05, 3.63) is 42.5 Å². The lowest BCUT2D eigenvalue weighted by atomic mass is 10.3. The van der Waals surface area contributed by atoms with Crippen molar-refractivity contribution < 1.29 is 27.6 Å². The van der Waals surface area contributed by atoms with E-state index in [0.29, 0.717) is 23.3 Å². The van der Waals surface area contributed by atoms with Crippen molar-refractivity contribution in [3.8, 4) is 5.75 Å². The quantitative estimate of drug-likeness (QED) is 0.261. The number of imidazole rings is 1. The lowest BCUT2D eigenvalue weighted by Gasteiger charge is -2.10. The number of rotatable bonds is 9. The first-order valence-corrected chi connectivity index (χ1v) is 11.2. The topological polar surface area (TPSA) is 166 Å². The highest BCUT2D eigenvalue weighted by Crippen LogP contribution is 2.24. The Morgan fingerprint density at radius 2 is 1.78 bits per heavy atom. The van der Waals surface area contributed by atoms with E-state index in [4.69, 9.17) is 4.18 Å². The van der Waals surface area contributed by atoms with Crippen LogP contribution >= 0.6 is 0 Å². The Bertz CT molecular complexity index is 1170. The Morgan fingerprint density at radius 1 is 1.09 bits per heavy atom. The minimum atomic E-state index is -4.07. The Labute approximate surface area is 185 Å². The van der Waals surface area contributed by atoms with Gasteiger partial charge in [0, 0.05) is 24.8 Å². The number of hydrogen-bond donors (Lipinski definition) is 6. The van der Waals surface area contributed by atoms with Crippen molar-refractivity contribution in [2.45, 2.75) is 31.0 Å². The molecule has 0 spiro atoms. The van der Waals surface area contributed by atoms with E-state index in [1.165, 1.54) is 24.3 Å². The molecule has 2 amide bonds. The fraction of sp³-hybridized carbons (Fsp3) is 0.300. The van der Waals surface area contributed by atoms with Crippen molar-refractivity contribution in [1.82, 2.24) is 15.3 Å². The number of fused-ring (bicyclic) bond motifs is 1. The Morgan fingerprint density at radius 3 is 2.44 bits per heavy atom. The number of aliphatic hydroxyl groups is 2. The van der Waals surface area contributed by atoms with Crippen molar-refractivity contribution in [1.29, 1.82) is 0 Å². The van der Waals surface area contributed by atoms with E-state index >= 15 is 0 Å². The van der Waals surface area contributed by atoms with Gasteiger partial charge < -0.3 is 30.0 Å². The summed E-state index contributed by atoms with van der Waals surface area (Å²) >= 11 is 0. The van der Waals surface area contributed by atoms with E-state index < -0.39 is 28.4 Å². The molecule has 2 atom stereocenters. The van der Waals surface area contributed by atoms with Crippen LogP contribution in [0.15, 0.2) is 47.4 Å². The molecule has 12 heteroatoms. The molecule has 6 N–H and O–H groups in total. The molecule has 0 saturated heterocycles. The number of nitrogens with zero attached hydrogens (tertiary/aromatic N) is 1. The van der Waals surface area contributed by atoms with Crippen LogP contribution < -0.4 is 20.1 Å². The SMILES string of the molecule is CC(O)CNC(=O)Nc1nc2ccc(OS(=O)(=O)c3ccc(NCC(C)O)cc3)cc2[nH]1. The molecule has 3 aromatic rings. The van der Waals surface area contributed by atoms with Gasteiger partial charge in [-0.05, 0) is 50.2 Å². The normalized spacial score (nSPS) is 13.4.